The molecule has 4 rings (SSSR count). The van der Waals surface area contributed by atoms with Gasteiger partial charge in [0.2, 0.25) is 0 Å². The number of carbonyl (C=O) groups is 1. The van der Waals surface area contributed by atoms with Crippen LogP contribution in [0.15, 0.2) is 30.3 Å². The van der Waals surface area contributed by atoms with Gasteiger partial charge >= 0.3 is 0 Å². The van der Waals surface area contributed by atoms with E-state index in [1.165, 1.54) is 18.9 Å². The first-order valence-electron chi connectivity index (χ1n) is 10.2. The van der Waals surface area contributed by atoms with Crippen LogP contribution < -0.4 is 5.32 Å². The SMILES string of the molecule is Cc1cc(C(=O)NCCCc2nnc3n2CCCC3)c(C)n1-c1ccccc1F. The quantitative estimate of drug-likeness (QED) is 0.650. The van der Waals surface area contributed by atoms with Gasteiger partial charge in [-0.3, -0.25) is 4.79 Å². The fourth-order valence-corrected chi connectivity index (χ4v) is 4.09. The third kappa shape index (κ3) is 3.81. The summed E-state index contributed by atoms with van der Waals surface area (Å²) in [6.45, 7) is 5.28. The van der Waals surface area contributed by atoms with Crippen molar-refractivity contribution in [2.24, 2.45) is 0 Å². The molecular weight excluding hydrogens is 369 g/mol. The second kappa shape index (κ2) is 8.19. The van der Waals surface area contributed by atoms with Crippen LogP contribution in [0, 0.1) is 19.7 Å². The van der Waals surface area contributed by atoms with E-state index in [0.29, 0.717) is 17.8 Å². The van der Waals surface area contributed by atoms with E-state index in [1.54, 1.807) is 22.8 Å². The van der Waals surface area contributed by atoms with Crippen LogP contribution in [0.1, 0.15) is 52.7 Å². The Hall–Kier alpha value is -2.96. The molecule has 3 aromatic rings. The zero-order valence-electron chi connectivity index (χ0n) is 16.9. The van der Waals surface area contributed by atoms with E-state index in [4.69, 9.17) is 0 Å². The molecule has 0 aliphatic carbocycles. The lowest BCUT2D eigenvalue weighted by atomic mass is 10.1. The molecule has 6 nitrogen and oxygen atoms in total. The second-order valence-corrected chi connectivity index (χ2v) is 7.57. The van der Waals surface area contributed by atoms with E-state index in [2.05, 4.69) is 20.1 Å². The molecule has 3 heterocycles. The minimum atomic E-state index is -0.308. The summed E-state index contributed by atoms with van der Waals surface area (Å²) in [6.07, 6.45) is 4.95. The molecule has 1 aromatic carbocycles. The molecule has 0 spiro atoms. The molecule has 0 bridgehead atoms. The number of halogens is 1. The van der Waals surface area contributed by atoms with Crippen LogP contribution in [0.3, 0.4) is 0 Å². The number of benzene rings is 1. The highest BCUT2D eigenvalue weighted by molar-refractivity contribution is 5.95. The van der Waals surface area contributed by atoms with Crippen LogP contribution in [-0.2, 0) is 19.4 Å². The number of fused-ring (bicyclic) bond motifs is 1. The second-order valence-electron chi connectivity index (χ2n) is 7.57. The van der Waals surface area contributed by atoms with Gasteiger partial charge in [-0.15, -0.1) is 10.2 Å². The highest BCUT2D eigenvalue weighted by Crippen LogP contribution is 2.23. The summed E-state index contributed by atoms with van der Waals surface area (Å²) >= 11 is 0. The highest BCUT2D eigenvalue weighted by Gasteiger charge is 2.19. The van der Waals surface area contributed by atoms with E-state index in [9.17, 15) is 9.18 Å². The van der Waals surface area contributed by atoms with Crippen molar-refractivity contribution < 1.29 is 9.18 Å². The van der Waals surface area contributed by atoms with E-state index in [0.717, 1.165) is 48.8 Å². The maximum absolute atomic E-state index is 14.2. The van der Waals surface area contributed by atoms with Gasteiger partial charge in [0.1, 0.15) is 17.5 Å². The molecule has 0 saturated carbocycles. The molecule has 1 amide bonds. The lowest BCUT2D eigenvalue weighted by molar-refractivity contribution is 0.0952. The number of carbonyl (C=O) groups excluding carboxylic acids is 1. The summed E-state index contributed by atoms with van der Waals surface area (Å²) in [6, 6.07) is 8.41. The molecule has 1 N–H and O–H groups in total. The van der Waals surface area contributed by atoms with Gasteiger partial charge in [-0.1, -0.05) is 12.1 Å². The zero-order chi connectivity index (χ0) is 20.4. The van der Waals surface area contributed by atoms with Crippen molar-refractivity contribution in [3.8, 4) is 5.69 Å². The van der Waals surface area contributed by atoms with Crippen LogP contribution in [0.25, 0.3) is 5.69 Å². The van der Waals surface area contributed by atoms with Gasteiger partial charge in [-0.05, 0) is 51.3 Å². The third-order valence-corrected chi connectivity index (χ3v) is 5.57. The summed E-state index contributed by atoms with van der Waals surface area (Å²) in [5.41, 5.74) is 2.59. The Balaban J connectivity index is 1.39. The molecule has 152 valence electrons. The van der Waals surface area contributed by atoms with E-state index in [-0.39, 0.29) is 11.7 Å². The molecule has 7 heteroatoms. The normalized spacial score (nSPS) is 13.3. The number of nitrogens with one attached hydrogen (secondary N) is 1. The minimum Gasteiger partial charge on any atom is -0.352 e. The number of hydrogen-bond donors (Lipinski definition) is 1. The van der Waals surface area contributed by atoms with Crippen LogP contribution in [0.4, 0.5) is 4.39 Å². The Bertz CT molecular complexity index is 1040. The monoisotopic (exact) mass is 395 g/mol. The number of nitrogens with zero attached hydrogens (tertiary/aromatic N) is 4. The van der Waals surface area contributed by atoms with Crippen molar-refractivity contribution in [1.29, 1.82) is 0 Å². The maximum Gasteiger partial charge on any atom is 0.253 e. The molecule has 29 heavy (non-hydrogen) atoms. The third-order valence-electron chi connectivity index (χ3n) is 5.57. The molecule has 1 aliphatic rings. The van der Waals surface area contributed by atoms with E-state index < -0.39 is 0 Å². The first-order valence-corrected chi connectivity index (χ1v) is 10.2. The van der Waals surface area contributed by atoms with Gasteiger partial charge in [0.25, 0.3) is 5.91 Å². The van der Waals surface area contributed by atoms with E-state index in [1.807, 2.05) is 19.9 Å². The number of aromatic nitrogens is 4. The first-order chi connectivity index (χ1) is 14.1. The highest BCUT2D eigenvalue weighted by atomic mass is 19.1. The number of hydrogen-bond acceptors (Lipinski definition) is 3. The van der Waals surface area contributed by atoms with Gasteiger partial charge in [0.15, 0.2) is 0 Å². The van der Waals surface area contributed by atoms with Gasteiger partial charge in [-0.2, -0.15) is 0 Å². The summed E-state index contributed by atoms with van der Waals surface area (Å²) in [5, 5.41) is 11.6. The largest absolute Gasteiger partial charge is 0.352 e. The van der Waals surface area contributed by atoms with Crippen molar-refractivity contribution in [3.05, 3.63) is 64.7 Å². The molecule has 1 aliphatic heterocycles. The maximum atomic E-state index is 14.2. The molecule has 0 atom stereocenters. The van der Waals surface area contributed by atoms with Crippen molar-refractivity contribution in [3.63, 3.8) is 0 Å². The van der Waals surface area contributed by atoms with Crippen LogP contribution >= 0.6 is 0 Å². The van der Waals surface area contributed by atoms with Crippen molar-refractivity contribution in [2.75, 3.05) is 6.54 Å². The lowest BCUT2D eigenvalue weighted by Gasteiger charge is -2.14. The van der Waals surface area contributed by atoms with Gasteiger partial charge < -0.3 is 14.5 Å². The summed E-state index contributed by atoms with van der Waals surface area (Å²) in [7, 11) is 0. The van der Waals surface area contributed by atoms with Crippen LogP contribution in [0.2, 0.25) is 0 Å². The summed E-state index contributed by atoms with van der Waals surface area (Å²) in [4.78, 5) is 12.7. The zero-order valence-corrected chi connectivity index (χ0v) is 16.9. The van der Waals surface area contributed by atoms with Crippen molar-refractivity contribution in [1.82, 2.24) is 24.6 Å². The lowest BCUT2D eigenvalue weighted by Crippen LogP contribution is -2.25. The molecule has 0 unspecified atom stereocenters. The molecule has 0 fully saturated rings. The number of aryl methyl sites for hydroxylation is 3. The number of para-hydroxylation sites is 1. The average molecular weight is 395 g/mol. The molecule has 2 aromatic heterocycles. The Morgan fingerprint density at radius 2 is 2.03 bits per heavy atom. The number of rotatable bonds is 6. The Morgan fingerprint density at radius 3 is 2.86 bits per heavy atom. The molecule has 0 radical (unpaired) electrons. The van der Waals surface area contributed by atoms with Crippen molar-refractivity contribution in [2.45, 2.75) is 52.5 Å². The van der Waals surface area contributed by atoms with Crippen LogP contribution in [0.5, 0.6) is 0 Å². The first kappa shape index (κ1) is 19.4. The van der Waals surface area contributed by atoms with Gasteiger partial charge in [0.05, 0.1) is 11.3 Å². The fraction of sp³-hybridized carbons (Fsp3) is 0.409. The number of amides is 1. The van der Waals surface area contributed by atoms with Crippen molar-refractivity contribution >= 4 is 5.91 Å². The topological polar surface area (TPSA) is 64.7 Å². The Labute approximate surface area is 169 Å². The minimum absolute atomic E-state index is 0.135. The summed E-state index contributed by atoms with van der Waals surface area (Å²) in [5.74, 6) is 1.64. The molecule has 0 saturated heterocycles. The summed E-state index contributed by atoms with van der Waals surface area (Å²) < 4.78 is 18.2. The molecular formula is C22H26FN5O. The average Bonchev–Trinajstić information content (AvgIpc) is 3.26. The van der Waals surface area contributed by atoms with Gasteiger partial charge in [-0.25, -0.2) is 4.39 Å². The smallest absolute Gasteiger partial charge is 0.253 e. The Morgan fingerprint density at radius 1 is 1.21 bits per heavy atom. The van der Waals surface area contributed by atoms with Crippen LogP contribution in [-0.4, -0.2) is 31.8 Å². The van der Waals surface area contributed by atoms with E-state index >= 15 is 0 Å². The predicted octanol–water partition coefficient (Wildman–Crippen LogP) is 3.52. The predicted molar refractivity (Wildman–Crippen MR) is 109 cm³/mol. The Kier molecular flexibility index (Phi) is 5.47. The standard InChI is InChI=1S/C22H26FN5O/c1-15-14-17(16(2)28(15)19-9-4-3-8-18(19)23)22(29)24-12-7-11-21-26-25-20-10-5-6-13-27(20)21/h3-4,8-9,14H,5-7,10-13H2,1-2H3,(H,24,29). The van der Waals surface area contributed by atoms with Gasteiger partial charge in [0, 0.05) is 37.3 Å². The fourth-order valence-electron chi connectivity index (χ4n) is 4.09.